The van der Waals surface area contributed by atoms with Gasteiger partial charge in [0.1, 0.15) is 11.8 Å². The molecule has 0 fully saturated rings. The van der Waals surface area contributed by atoms with Crippen LogP contribution in [0.15, 0.2) is 17.0 Å². The quantitative estimate of drug-likeness (QED) is 0.794. The van der Waals surface area contributed by atoms with E-state index in [4.69, 9.17) is 15.7 Å². The molecule has 6 heteroatoms. The Labute approximate surface area is 94.4 Å². The zero-order valence-corrected chi connectivity index (χ0v) is 9.84. The van der Waals surface area contributed by atoms with Crippen molar-refractivity contribution in [1.29, 1.82) is 5.26 Å². The van der Waals surface area contributed by atoms with Gasteiger partial charge in [0.2, 0.25) is 0 Å². The molecule has 86 valence electrons. The Morgan fingerprint density at radius 2 is 2.12 bits per heavy atom. The second-order valence-corrected chi connectivity index (χ2v) is 5.35. The molecule has 0 bridgehead atoms. The molecule has 2 N–H and O–H groups in total. The van der Waals surface area contributed by atoms with E-state index in [1.807, 2.05) is 6.07 Å². The van der Waals surface area contributed by atoms with Crippen molar-refractivity contribution < 1.29 is 13.2 Å². The summed E-state index contributed by atoms with van der Waals surface area (Å²) in [6.07, 6.45) is 0. The Hall–Kier alpha value is -1.74. The van der Waals surface area contributed by atoms with Crippen LogP contribution in [0.4, 0.5) is 5.69 Å². The second-order valence-electron chi connectivity index (χ2n) is 3.11. The molecule has 0 saturated carbocycles. The molecular formula is C10H12N2O3S. The van der Waals surface area contributed by atoms with Crippen molar-refractivity contribution in [3.05, 3.63) is 17.7 Å². The van der Waals surface area contributed by atoms with Crippen LogP contribution < -0.4 is 10.5 Å². The zero-order valence-electron chi connectivity index (χ0n) is 9.02. The monoisotopic (exact) mass is 240 g/mol. The molecule has 16 heavy (non-hydrogen) atoms. The molecule has 1 rings (SSSR count). The summed E-state index contributed by atoms with van der Waals surface area (Å²) >= 11 is 0. The minimum atomic E-state index is -3.42. The van der Waals surface area contributed by atoms with Crippen LogP contribution in [-0.4, -0.2) is 21.3 Å². The Balaban J connectivity index is 3.52. The molecule has 5 nitrogen and oxygen atoms in total. The van der Waals surface area contributed by atoms with Crippen molar-refractivity contribution in [1.82, 2.24) is 0 Å². The first-order valence-electron chi connectivity index (χ1n) is 4.56. The summed E-state index contributed by atoms with van der Waals surface area (Å²) in [5.74, 6) is 0.212. The molecule has 0 atom stereocenters. The number of nitrogen functional groups attached to an aromatic ring is 1. The van der Waals surface area contributed by atoms with Crippen LogP contribution in [0.1, 0.15) is 12.5 Å². The topological polar surface area (TPSA) is 93.2 Å². The Morgan fingerprint density at radius 3 is 2.56 bits per heavy atom. The van der Waals surface area contributed by atoms with Crippen LogP contribution in [0.25, 0.3) is 0 Å². The van der Waals surface area contributed by atoms with Crippen LogP contribution >= 0.6 is 0 Å². The molecule has 0 aromatic heterocycles. The summed E-state index contributed by atoms with van der Waals surface area (Å²) in [5, 5.41) is 8.84. The number of hydrogen-bond acceptors (Lipinski definition) is 5. The number of ether oxygens (including phenoxy) is 1. The molecule has 0 radical (unpaired) electrons. The number of nitriles is 1. The highest BCUT2D eigenvalue weighted by Crippen LogP contribution is 2.28. The number of nitrogens with zero attached hydrogens (tertiary/aromatic N) is 1. The number of hydrogen-bond donors (Lipinski definition) is 1. The van der Waals surface area contributed by atoms with Crippen molar-refractivity contribution >= 4 is 15.5 Å². The van der Waals surface area contributed by atoms with E-state index in [1.165, 1.54) is 26.2 Å². The molecule has 0 aliphatic heterocycles. The lowest BCUT2D eigenvalue weighted by molar-refractivity contribution is 0.413. The number of rotatable bonds is 3. The molecule has 0 unspecified atom stereocenters. The lowest BCUT2D eigenvalue weighted by atomic mass is 10.2. The average Bonchev–Trinajstić information content (AvgIpc) is 2.28. The van der Waals surface area contributed by atoms with Crippen molar-refractivity contribution in [2.75, 3.05) is 18.6 Å². The van der Waals surface area contributed by atoms with Crippen LogP contribution in [-0.2, 0) is 9.84 Å². The number of anilines is 1. The fraction of sp³-hybridized carbons (Fsp3) is 0.300. The van der Waals surface area contributed by atoms with E-state index in [2.05, 4.69) is 0 Å². The minimum absolute atomic E-state index is 0.0210. The van der Waals surface area contributed by atoms with E-state index in [-0.39, 0.29) is 27.6 Å². The summed E-state index contributed by atoms with van der Waals surface area (Å²) in [6, 6.07) is 4.46. The van der Waals surface area contributed by atoms with Crippen LogP contribution in [0, 0.1) is 11.3 Å². The number of nitrogens with two attached hydrogens (primary N) is 1. The van der Waals surface area contributed by atoms with Gasteiger partial charge in [-0.15, -0.1) is 0 Å². The van der Waals surface area contributed by atoms with Crippen molar-refractivity contribution in [2.24, 2.45) is 0 Å². The second kappa shape index (κ2) is 4.41. The fourth-order valence-electron chi connectivity index (χ4n) is 1.26. The third-order valence-electron chi connectivity index (χ3n) is 2.17. The normalized spacial score (nSPS) is 10.8. The van der Waals surface area contributed by atoms with Gasteiger partial charge in [0.25, 0.3) is 0 Å². The maximum absolute atomic E-state index is 11.7. The summed E-state index contributed by atoms with van der Waals surface area (Å²) in [6.45, 7) is 1.52. The summed E-state index contributed by atoms with van der Waals surface area (Å²) in [7, 11) is -2.03. The third-order valence-corrected chi connectivity index (χ3v) is 3.95. The Morgan fingerprint density at radius 1 is 1.50 bits per heavy atom. The molecule has 0 amide bonds. The first-order valence-corrected chi connectivity index (χ1v) is 6.21. The van der Waals surface area contributed by atoms with Gasteiger partial charge in [-0.3, -0.25) is 0 Å². The van der Waals surface area contributed by atoms with Crippen LogP contribution in [0.3, 0.4) is 0 Å². The molecular weight excluding hydrogens is 228 g/mol. The van der Waals surface area contributed by atoms with Gasteiger partial charge in [-0.25, -0.2) is 8.42 Å². The van der Waals surface area contributed by atoms with Crippen molar-refractivity contribution in [2.45, 2.75) is 11.8 Å². The molecule has 0 aliphatic carbocycles. The van der Waals surface area contributed by atoms with E-state index in [9.17, 15) is 8.42 Å². The molecule has 0 spiro atoms. The number of methoxy groups -OCH3 is 1. The lowest BCUT2D eigenvalue weighted by Gasteiger charge is -2.09. The Bertz CT molecular complexity index is 544. The first kappa shape index (κ1) is 12.3. The highest BCUT2D eigenvalue weighted by atomic mass is 32.2. The summed E-state index contributed by atoms with van der Waals surface area (Å²) in [4.78, 5) is -0.0210. The third kappa shape index (κ3) is 2.09. The smallest absolute Gasteiger partial charge is 0.180 e. The first-order chi connectivity index (χ1) is 7.46. The van der Waals surface area contributed by atoms with E-state index < -0.39 is 9.84 Å². The van der Waals surface area contributed by atoms with Gasteiger partial charge < -0.3 is 10.5 Å². The van der Waals surface area contributed by atoms with E-state index in [1.54, 1.807) is 0 Å². The standard InChI is InChI=1S/C10H12N2O3S/c1-3-16(13,14)10-4-7(6-11)9(15-2)5-8(10)12/h4-5H,3,12H2,1-2H3. The minimum Gasteiger partial charge on any atom is -0.495 e. The van der Waals surface area contributed by atoms with Crippen molar-refractivity contribution in [3.63, 3.8) is 0 Å². The molecule has 0 heterocycles. The highest BCUT2D eigenvalue weighted by molar-refractivity contribution is 7.91. The maximum atomic E-state index is 11.7. The lowest BCUT2D eigenvalue weighted by Crippen LogP contribution is -2.08. The summed E-state index contributed by atoms with van der Waals surface area (Å²) < 4.78 is 28.2. The van der Waals surface area contributed by atoms with Gasteiger partial charge in [0.05, 0.1) is 29.0 Å². The van der Waals surface area contributed by atoms with Gasteiger partial charge in [0, 0.05) is 6.07 Å². The van der Waals surface area contributed by atoms with E-state index >= 15 is 0 Å². The number of sulfone groups is 1. The van der Waals surface area contributed by atoms with E-state index in [0.717, 1.165) is 0 Å². The zero-order chi connectivity index (χ0) is 12.3. The van der Waals surface area contributed by atoms with E-state index in [0.29, 0.717) is 0 Å². The average molecular weight is 240 g/mol. The van der Waals surface area contributed by atoms with Crippen LogP contribution in [0.5, 0.6) is 5.75 Å². The largest absolute Gasteiger partial charge is 0.495 e. The SMILES string of the molecule is CCS(=O)(=O)c1cc(C#N)c(OC)cc1N. The van der Waals surface area contributed by atoms with Gasteiger partial charge in [0.15, 0.2) is 9.84 Å². The van der Waals surface area contributed by atoms with Gasteiger partial charge in [-0.05, 0) is 6.07 Å². The van der Waals surface area contributed by atoms with Gasteiger partial charge >= 0.3 is 0 Å². The predicted molar refractivity (Wildman–Crippen MR) is 59.8 cm³/mol. The van der Waals surface area contributed by atoms with Crippen LogP contribution in [0.2, 0.25) is 0 Å². The Kier molecular flexibility index (Phi) is 3.40. The molecule has 1 aromatic rings. The number of benzene rings is 1. The predicted octanol–water partition coefficient (Wildman–Crippen LogP) is 0.943. The molecule has 0 saturated heterocycles. The highest BCUT2D eigenvalue weighted by Gasteiger charge is 2.18. The fourth-order valence-corrected chi connectivity index (χ4v) is 2.28. The van der Waals surface area contributed by atoms with Gasteiger partial charge in [-0.1, -0.05) is 6.92 Å². The maximum Gasteiger partial charge on any atom is 0.180 e. The molecule has 0 aliphatic rings. The van der Waals surface area contributed by atoms with Gasteiger partial charge in [-0.2, -0.15) is 5.26 Å². The molecule has 1 aromatic carbocycles. The summed E-state index contributed by atoms with van der Waals surface area (Å²) in [5.41, 5.74) is 5.86. The van der Waals surface area contributed by atoms with Crippen molar-refractivity contribution in [3.8, 4) is 11.8 Å².